The predicted octanol–water partition coefficient (Wildman–Crippen LogP) is 2.94. The summed E-state index contributed by atoms with van der Waals surface area (Å²) in [5.74, 6) is -1.14. The van der Waals surface area contributed by atoms with Crippen molar-refractivity contribution in [2.24, 2.45) is 5.41 Å². The van der Waals surface area contributed by atoms with E-state index in [1.165, 1.54) is 0 Å². The van der Waals surface area contributed by atoms with Crippen molar-refractivity contribution in [1.29, 1.82) is 0 Å². The molecule has 5 nitrogen and oxygen atoms in total. The van der Waals surface area contributed by atoms with Gasteiger partial charge in [-0.2, -0.15) is 0 Å². The number of hydrogen-bond donors (Lipinski definition) is 1. The van der Waals surface area contributed by atoms with Gasteiger partial charge in [-0.25, -0.2) is 4.39 Å². The van der Waals surface area contributed by atoms with Gasteiger partial charge in [-0.05, 0) is 19.9 Å². The molecule has 1 aromatic rings. The molecule has 0 bridgehead atoms. The maximum Gasteiger partial charge on any atom is 0.274 e. The van der Waals surface area contributed by atoms with E-state index in [4.69, 9.17) is 11.6 Å². The highest BCUT2D eigenvalue weighted by atomic mass is 35.5. The minimum Gasteiger partial charge on any atom is -0.325 e. The average molecular weight is 275 g/mol. The van der Waals surface area contributed by atoms with Gasteiger partial charge in [0.05, 0.1) is 22.1 Å². The maximum absolute atomic E-state index is 13.1. The van der Waals surface area contributed by atoms with Crippen LogP contribution in [0.4, 0.5) is 15.8 Å². The minimum absolute atomic E-state index is 0.0323. The van der Waals surface area contributed by atoms with Gasteiger partial charge in [-0.1, -0.05) is 0 Å². The highest BCUT2D eigenvalue weighted by molar-refractivity contribution is 6.20. The van der Waals surface area contributed by atoms with Crippen molar-refractivity contribution in [2.45, 2.75) is 13.8 Å². The van der Waals surface area contributed by atoms with E-state index in [-0.39, 0.29) is 11.6 Å². The molecule has 0 spiro atoms. The normalized spacial score (nSPS) is 11.1. The second-order valence-electron chi connectivity index (χ2n) is 4.43. The summed E-state index contributed by atoms with van der Waals surface area (Å²) in [5.41, 5.74) is -1.23. The van der Waals surface area contributed by atoms with Crippen LogP contribution in [0.25, 0.3) is 0 Å². The van der Waals surface area contributed by atoms with Gasteiger partial charge in [0.2, 0.25) is 5.91 Å². The van der Waals surface area contributed by atoms with Crippen LogP contribution in [0.5, 0.6) is 0 Å². The first kappa shape index (κ1) is 14.4. The Labute approximate surface area is 108 Å². The van der Waals surface area contributed by atoms with Gasteiger partial charge in [0.1, 0.15) is 5.82 Å². The van der Waals surface area contributed by atoms with Crippen LogP contribution in [0.15, 0.2) is 18.2 Å². The summed E-state index contributed by atoms with van der Waals surface area (Å²) >= 11 is 5.62. The molecule has 0 aliphatic rings. The molecule has 0 heterocycles. The summed E-state index contributed by atoms with van der Waals surface area (Å²) in [7, 11) is 0. The topological polar surface area (TPSA) is 72.2 Å². The number of nitro benzene ring substituents is 1. The molecule has 1 aromatic carbocycles. The summed E-state index contributed by atoms with van der Waals surface area (Å²) in [4.78, 5) is 21.6. The van der Waals surface area contributed by atoms with Crippen molar-refractivity contribution in [3.05, 3.63) is 34.1 Å². The fourth-order valence-corrected chi connectivity index (χ4v) is 1.23. The molecule has 0 saturated carbocycles. The quantitative estimate of drug-likeness (QED) is 0.521. The van der Waals surface area contributed by atoms with Crippen molar-refractivity contribution >= 4 is 28.9 Å². The van der Waals surface area contributed by atoms with E-state index in [2.05, 4.69) is 5.32 Å². The van der Waals surface area contributed by atoms with Crippen LogP contribution < -0.4 is 5.32 Å². The number of hydrogen-bond acceptors (Lipinski definition) is 3. The van der Waals surface area contributed by atoms with Crippen LogP contribution in [0, 0.1) is 21.3 Å². The van der Waals surface area contributed by atoms with Crippen LogP contribution in [0.2, 0.25) is 0 Å². The Bertz CT molecular complexity index is 491. The Morgan fingerprint density at radius 1 is 1.50 bits per heavy atom. The molecule has 0 fully saturated rings. The first-order valence-electron chi connectivity index (χ1n) is 5.08. The molecule has 0 saturated heterocycles. The summed E-state index contributed by atoms with van der Waals surface area (Å²) in [6.07, 6.45) is 0. The number of nitrogens with one attached hydrogen (secondary N) is 1. The van der Waals surface area contributed by atoms with Gasteiger partial charge < -0.3 is 5.32 Å². The molecular formula is C11H12ClFN2O3. The van der Waals surface area contributed by atoms with Gasteiger partial charge in [0, 0.05) is 11.9 Å². The summed E-state index contributed by atoms with van der Waals surface area (Å²) in [6.45, 7) is 3.23. The number of amides is 1. The molecule has 0 aromatic heterocycles. The minimum atomic E-state index is -0.845. The lowest BCUT2D eigenvalue weighted by Crippen LogP contribution is -2.32. The van der Waals surface area contributed by atoms with Crippen LogP contribution in [-0.4, -0.2) is 16.7 Å². The standard InChI is InChI=1S/C11H12ClFN2O3/c1-11(2,6-12)10(16)14-8-3-7(13)4-9(5-8)15(17)18/h3-5H,6H2,1-2H3,(H,14,16). The van der Waals surface area contributed by atoms with E-state index in [1.807, 2.05) is 0 Å². The summed E-state index contributed by atoms with van der Waals surface area (Å²) in [5, 5.41) is 13.0. The zero-order valence-corrected chi connectivity index (χ0v) is 10.6. The Morgan fingerprint density at radius 3 is 2.61 bits per heavy atom. The first-order chi connectivity index (χ1) is 8.26. The van der Waals surface area contributed by atoms with Crippen molar-refractivity contribution in [1.82, 2.24) is 0 Å². The number of anilines is 1. The zero-order valence-electron chi connectivity index (χ0n) is 9.87. The Balaban J connectivity index is 2.98. The number of benzene rings is 1. The number of rotatable bonds is 4. The number of alkyl halides is 1. The molecule has 7 heteroatoms. The number of nitrogens with zero attached hydrogens (tertiary/aromatic N) is 1. The van der Waals surface area contributed by atoms with E-state index >= 15 is 0 Å². The largest absolute Gasteiger partial charge is 0.325 e. The lowest BCUT2D eigenvalue weighted by Gasteiger charge is -2.20. The second kappa shape index (κ2) is 5.30. The Kier molecular flexibility index (Phi) is 4.24. The fraction of sp³-hybridized carbons (Fsp3) is 0.364. The number of non-ortho nitro benzene ring substituents is 1. The van der Waals surface area contributed by atoms with Crippen molar-refractivity contribution in [2.75, 3.05) is 11.2 Å². The fourth-order valence-electron chi connectivity index (χ4n) is 1.11. The Hall–Kier alpha value is -1.69. The predicted molar refractivity (Wildman–Crippen MR) is 66.2 cm³/mol. The molecule has 98 valence electrons. The van der Waals surface area contributed by atoms with E-state index in [1.54, 1.807) is 13.8 Å². The molecule has 1 rings (SSSR count). The molecule has 0 aliphatic carbocycles. The zero-order chi connectivity index (χ0) is 13.9. The summed E-state index contributed by atoms with van der Waals surface area (Å²) in [6, 6.07) is 2.88. The monoisotopic (exact) mass is 274 g/mol. The molecule has 18 heavy (non-hydrogen) atoms. The lowest BCUT2D eigenvalue weighted by molar-refractivity contribution is -0.385. The third kappa shape index (κ3) is 3.40. The van der Waals surface area contributed by atoms with E-state index in [0.717, 1.165) is 18.2 Å². The van der Waals surface area contributed by atoms with Gasteiger partial charge in [-0.15, -0.1) is 11.6 Å². The van der Waals surface area contributed by atoms with E-state index in [9.17, 15) is 19.3 Å². The van der Waals surface area contributed by atoms with Gasteiger partial charge in [0.25, 0.3) is 5.69 Å². The Morgan fingerprint density at radius 2 is 2.11 bits per heavy atom. The highest BCUT2D eigenvalue weighted by Crippen LogP contribution is 2.23. The number of halogens is 2. The van der Waals surface area contributed by atoms with Crippen molar-refractivity contribution in [3.8, 4) is 0 Å². The number of carbonyl (C=O) groups is 1. The van der Waals surface area contributed by atoms with Crippen LogP contribution in [0.1, 0.15) is 13.8 Å². The maximum atomic E-state index is 13.1. The first-order valence-corrected chi connectivity index (χ1v) is 5.62. The van der Waals surface area contributed by atoms with Crippen LogP contribution >= 0.6 is 11.6 Å². The smallest absolute Gasteiger partial charge is 0.274 e. The van der Waals surface area contributed by atoms with Crippen molar-refractivity contribution < 1.29 is 14.1 Å². The van der Waals surface area contributed by atoms with Gasteiger partial charge >= 0.3 is 0 Å². The molecule has 0 atom stereocenters. The SMILES string of the molecule is CC(C)(CCl)C(=O)Nc1cc(F)cc([N+](=O)[O-])c1. The third-order valence-corrected chi connectivity index (χ3v) is 2.97. The van der Waals surface area contributed by atoms with E-state index in [0.29, 0.717) is 0 Å². The molecular weight excluding hydrogens is 263 g/mol. The summed E-state index contributed by atoms with van der Waals surface area (Å²) < 4.78 is 13.1. The highest BCUT2D eigenvalue weighted by Gasteiger charge is 2.27. The molecule has 0 radical (unpaired) electrons. The van der Waals surface area contributed by atoms with Crippen LogP contribution in [0.3, 0.4) is 0 Å². The average Bonchev–Trinajstić information content (AvgIpc) is 2.28. The molecule has 0 aliphatic heterocycles. The molecule has 0 unspecified atom stereocenters. The third-order valence-electron chi connectivity index (χ3n) is 2.30. The lowest BCUT2D eigenvalue weighted by atomic mass is 9.95. The van der Waals surface area contributed by atoms with E-state index < -0.39 is 27.8 Å². The van der Waals surface area contributed by atoms with Crippen LogP contribution in [-0.2, 0) is 4.79 Å². The second-order valence-corrected chi connectivity index (χ2v) is 4.69. The van der Waals surface area contributed by atoms with Gasteiger partial charge in [-0.3, -0.25) is 14.9 Å². The van der Waals surface area contributed by atoms with Gasteiger partial charge in [0.15, 0.2) is 0 Å². The molecule has 1 amide bonds. The van der Waals surface area contributed by atoms with Crippen molar-refractivity contribution in [3.63, 3.8) is 0 Å². The molecule has 1 N–H and O–H groups in total. The number of nitro groups is 1. The number of carbonyl (C=O) groups excluding carboxylic acids is 1.